The standard InChI is InChI=1S/C24H28N2O/c1-16-13-17(2)15-26(14-16)23(19-9-5-4-6-10-19)24(27)22-18(3)25-21-12-8-7-11-20(21)22/h4-12,16-17,23,25H,13-15H2,1-3H3/t16-,17-,23+/m1/s1. The molecule has 1 saturated heterocycles. The first-order chi connectivity index (χ1) is 13.0. The number of nitrogens with zero attached hydrogens (tertiary/aromatic N) is 1. The van der Waals surface area contributed by atoms with Gasteiger partial charge in [0, 0.05) is 35.2 Å². The van der Waals surface area contributed by atoms with E-state index in [1.165, 1.54) is 6.42 Å². The van der Waals surface area contributed by atoms with Crippen LogP contribution >= 0.6 is 0 Å². The lowest BCUT2D eigenvalue weighted by atomic mass is 9.87. The topological polar surface area (TPSA) is 36.1 Å². The Morgan fingerprint density at radius 2 is 1.63 bits per heavy atom. The van der Waals surface area contributed by atoms with Gasteiger partial charge < -0.3 is 4.98 Å². The van der Waals surface area contributed by atoms with Crippen LogP contribution in [0.2, 0.25) is 0 Å². The van der Waals surface area contributed by atoms with E-state index in [9.17, 15) is 4.79 Å². The summed E-state index contributed by atoms with van der Waals surface area (Å²) in [5.74, 6) is 1.42. The SMILES string of the molecule is Cc1[nH]c2ccccc2c1C(=O)[C@H](c1ccccc1)N1C[C@H](C)C[C@@H](C)C1. The lowest BCUT2D eigenvalue weighted by molar-refractivity contribution is 0.0648. The molecular formula is C24H28N2O. The van der Waals surface area contributed by atoms with Crippen LogP contribution in [0.5, 0.6) is 0 Å². The zero-order valence-corrected chi connectivity index (χ0v) is 16.4. The zero-order chi connectivity index (χ0) is 19.0. The maximum absolute atomic E-state index is 13.9. The largest absolute Gasteiger partial charge is 0.358 e. The molecule has 3 aromatic rings. The molecule has 0 bridgehead atoms. The van der Waals surface area contributed by atoms with Crippen LogP contribution in [-0.4, -0.2) is 28.8 Å². The molecule has 3 heteroatoms. The smallest absolute Gasteiger partial charge is 0.186 e. The number of para-hydroxylation sites is 1. The minimum atomic E-state index is -0.227. The van der Waals surface area contributed by atoms with Gasteiger partial charge in [-0.05, 0) is 36.8 Å². The van der Waals surface area contributed by atoms with Crippen molar-refractivity contribution in [2.75, 3.05) is 13.1 Å². The molecule has 0 aliphatic carbocycles. The fourth-order valence-electron chi connectivity index (χ4n) is 4.82. The van der Waals surface area contributed by atoms with Crippen LogP contribution in [-0.2, 0) is 0 Å². The van der Waals surface area contributed by atoms with E-state index in [0.717, 1.165) is 40.8 Å². The summed E-state index contributed by atoms with van der Waals surface area (Å²) < 4.78 is 0. The van der Waals surface area contributed by atoms with E-state index in [4.69, 9.17) is 0 Å². The first-order valence-corrected chi connectivity index (χ1v) is 9.95. The number of carbonyl (C=O) groups excluding carboxylic acids is 1. The Hall–Kier alpha value is -2.39. The Kier molecular flexibility index (Phi) is 4.88. The van der Waals surface area contributed by atoms with Crippen LogP contribution in [0.4, 0.5) is 0 Å². The second-order valence-electron chi connectivity index (χ2n) is 8.25. The Morgan fingerprint density at radius 3 is 2.33 bits per heavy atom. The summed E-state index contributed by atoms with van der Waals surface area (Å²) >= 11 is 0. The number of ketones is 1. The highest BCUT2D eigenvalue weighted by atomic mass is 16.1. The van der Waals surface area contributed by atoms with Crippen molar-refractivity contribution in [1.82, 2.24) is 9.88 Å². The zero-order valence-electron chi connectivity index (χ0n) is 16.4. The second-order valence-corrected chi connectivity index (χ2v) is 8.25. The van der Waals surface area contributed by atoms with Gasteiger partial charge in [-0.25, -0.2) is 0 Å². The minimum absolute atomic E-state index is 0.206. The van der Waals surface area contributed by atoms with Crippen molar-refractivity contribution in [3.63, 3.8) is 0 Å². The molecule has 4 rings (SSSR count). The number of aryl methyl sites for hydroxylation is 1. The lowest BCUT2D eigenvalue weighted by Crippen LogP contribution is -2.43. The van der Waals surface area contributed by atoms with E-state index in [1.54, 1.807) is 0 Å². The summed E-state index contributed by atoms with van der Waals surface area (Å²) in [7, 11) is 0. The number of benzene rings is 2. The predicted molar refractivity (Wildman–Crippen MR) is 111 cm³/mol. The predicted octanol–water partition coefficient (Wildman–Crippen LogP) is 5.38. The molecule has 140 valence electrons. The number of likely N-dealkylation sites (tertiary alicyclic amines) is 1. The molecule has 0 radical (unpaired) electrons. The summed E-state index contributed by atoms with van der Waals surface area (Å²) in [6.45, 7) is 8.54. The average molecular weight is 361 g/mol. The summed E-state index contributed by atoms with van der Waals surface area (Å²) in [5, 5.41) is 1.03. The van der Waals surface area contributed by atoms with E-state index in [1.807, 2.05) is 43.3 Å². The number of rotatable bonds is 4. The van der Waals surface area contributed by atoms with Gasteiger partial charge in [0.15, 0.2) is 5.78 Å². The van der Waals surface area contributed by atoms with Gasteiger partial charge in [0.1, 0.15) is 0 Å². The van der Waals surface area contributed by atoms with E-state index >= 15 is 0 Å². The van der Waals surface area contributed by atoms with Gasteiger partial charge in [0.2, 0.25) is 0 Å². The van der Waals surface area contributed by atoms with Crippen LogP contribution in [0.25, 0.3) is 10.9 Å². The molecule has 2 heterocycles. The number of carbonyl (C=O) groups is 1. The maximum atomic E-state index is 13.9. The third kappa shape index (κ3) is 3.44. The number of aromatic amines is 1. The summed E-state index contributed by atoms with van der Waals surface area (Å²) in [4.78, 5) is 19.7. The van der Waals surface area contributed by atoms with Crippen LogP contribution in [0.1, 0.15) is 47.9 Å². The average Bonchev–Trinajstić information content (AvgIpc) is 2.97. The number of nitrogens with one attached hydrogen (secondary N) is 1. The molecule has 3 nitrogen and oxygen atoms in total. The third-order valence-corrected chi connectivity index (χ3v) is 5.77. The number of aromatic nitrogens is 1. The van der Waals surface area contributed by atoms with E-state index < -0.39 is 0 Å². The molecule has 0 amide bonds. The highest BCUT2D eigenvalue weighted by molar-refractivity contribution is 6.11. The van der Waals surface area contributed by atoms with Crippen molar-refractivity contribution in [3.8, 4) is 0 Å². The van der Waals surface area contributed by atoms with Crippen molar-refractivity contribution in [1.29, 1.82) is 0 Å². The molecule has 1 aromatic heterocycles. The highest BCUT2D eigenvalue weighted by Gasteiger charge is 2.34. The molecule has 1 aliphatic heterocycles. The Balaban J connectivity index is 1.80. The van der Waals surface area contributed by atoms with Gasteiger partial charge in [-0.2, -0.15) is 0 Å². The molecule has 0 spiro atoms. The van der Waals surface area contributed by atoms with Crippen molar-refractivity contribution in [2.24, 2.45) is 11.8 Å². The van der Waals surface area contributed by atoms with E-state index in [2.05, 4.69) is 41.9 Å². The fourth-order valence-corrected chi connectivity index (χ4v) is 4.82. The van der Waals surface area contributed by atoms with Crippen molar-refractivity contribution < 1.29 is 4.79 Å². The van der Waals surface area contributed by atoms with Gasteiger partial charge >= 0.3 is 0 Å². The molecule has 1 N–H and O–H groups in total. The van der Waals surface area contributed by atoms with E-state index in [0.29, 0.717) is 11.8 Å². The Morgan fingerprint density at radius 1 is 1.00 bits per heavy atom. The first kappa shape index (κ1) is 18.0. The molecule has 1 aliphatic rings. The van der Waals surface area contributed by atoms with E-state index in [-0.39, 0.29) is 11.8 Å². The molecule has 0 unspecified atom stereocenters. The molecular weight excluding hydrogens is 332 g/mol. The van der Waals surface area contributed by atoms with Crippen LogP contribution in [0.3, 0.4) is 0 Å². The van der Waals surface area contributed by atoms with Crippen molar-refractivity contribution in [3.05, 3.63) is 71.4 Å². The number of hydrogen-bond donors (Lipinski definition) is 1. The van der Waals surface area contributed by atoms with Crippen LogP contribution in [0, 0.1) is 18.8 Å². The number of H-pyrrole nitrogens is 1. The Labute approximate surface area is 161 Å². The maximum Gasteiger partial charge on any atom is 0.186 e. The van der Waals surface area contributed by atoms with Crippen molar-refractivity contribution in [2.45, 2.75) is 33.2 Å². The number of hydrogen-bond acceptors (Lipinski definition) is 2. The number of Topliss-reactive ketones (excluding diaryl/α,β-unsaturated/α-hetero) is 1. The fraction of sp³-hybridized carbons (Fsp3) is 0.375. The highest BCUT2D eigenvalue weighted by Crippen LogP contribution is 2.34. The van der Waals surface area contributed by atoms with Gasteiger partial charge in [-0.1, -0.05) is 62.4 Å². The summed E-state index contributed by atoms with van der Waals surface area (Å²) in [6.07, 6.45) is 1.23. The monoisotopic (exact) mass is 360 g/mol. The third-order valence-electron chi connectivity index (χ3n) is 5.77. The van der Waals surface area contributed by atoms with Crippen LogP contribution < -0.4 is 0 Å². The van der Waals surface area contributed by atoms with Crippen LogP contribution in [0.15, 0.2) is 54.6 Å². The molecule has 1 fully saturated rings. The lowest BCUT2D eigenvalue weighted by Gasteiger charge is -2.39. The normalized spacial score (nSPS) is 22.0. The number of fused-ring (bicyclic) bond motifs is 1. The summed E-state index contributed by atoms with van der Waals surface area (Å²) in [6, 6.07) is 18.2. The van der Waals surface area contributed by atoms with Gasteiger partial charge in [0.05, 0.1) is 6.04 Å². The van der Waals surface area contributed by atoms with Crippen molar-refractivity contribution >= 4 is 16.7 Å². The molecule has 27 heavy (non-hydrogen) atoms. The van der Waals surface area contributed by atoms with Gasteiger partial charge in [0.25, 0.3) is 0 Å². The van der Waals surface area contributed by atoms with Gasteiger partial charge in [-0.15, -0.1) is 0 Å². The second kappa shape index (κ2) is 7.32. The molecule has 2 aromatic carbocycles. The quantitative estimate of drug-likeness (QED) is 0.634. The molecule has 0 saturated carbocycles. The number of piperidine rings is 1. The minimum Gasteiger partial charge on any atom is -0.358 e. The summed E-state index contributed by atoms with van der Waals surface area (Å²) in [5.41, 5.74) is 3.92. The van der Waals surface area contributed by atoms with Gasteiger partial charge in [-0.3, -0.25) is 9.69 Å². The molecule has 3 atom stereocenters. The first-order valence-electron chi connectivity index (χ1n) is 9.95. The Bertz CT molecular complexity index is 933.